The molecule has 1 aromatic carbocycles. The minimum atomic E-state index is -0.289. The summed E-state index contributed by atoms with van der Waals surface area (Å²) in [5.41, 5.74) is 3.66. The van der Waals surface area contributed by atoms with Crippen molar-refractivity contribution in [3.63, 3.8) is 0 Å². The maximum Gasteiger partial charge on any atom is 0.348 e. The maximum absolute atomic E-state index is 12.5. The van der Waals surface area contributed by atoms with Gasteiger partial charge in [-0.3, -0.25) is 9.55 Å². The second kappa shape index (κ2) is 8.76. The number of aromatic nitrogens is 4. The van der Waals surface area contributed by atoms with Crippen LogP contribution in [0.2, 0.25) is 0 Å². The van der Waals surface area contributed by atoms with Gasteiger partial charge in [-0.2, -0.15) is 0 Å². The van der Waals surface area contributed by atoms with Crippen molar-refractivity contribution < 1.29 is 0 Å². The Morgan fingerprint density at radius 2 is 1.66 bits per heavy atom. The van der Waals surface area contributed by atoms with E-state index in [9.17, 15) is 4.79 Å². The molecule has 8 nitrogen and oxygen atoms in total. The highest BCUT2D eigenvalue weighted by molar-refractivity contribution is 5.80. The van der Waals surface area contributed by atoms with Crippen molar-refractivity contribution in [2.45, 2.75) is 6.54 Å². The van der Waals surface area contributed by atoms with Crippen molar-refractivity contribution in [3.8, 4) is 0 Å². The van der Waals surface area contributed by atoms with E-state index >= 15 is 0 Å². The number of anilines is 3. The predicted molar refractivity (Wildman–Crippen MR) is 127 cm³/mol. The number of rotatable bonds is 5. The molecule has 0 bridgehead atoms. The highest BCUT2D eigenvalue weighted by Crippen LogP contribution is 2.23. The minimum absolute atomic E-state index is 0.289. The van der Waals surface area contributed by atoms with Gasteiger partial charge in [-0.15, -0.1) is 0 Å². The average molecular weight is 428 g/mol. The van der Waals surface area contributed by atoms with Crippen LogP contribution in [-0.4, -0.2) is 57.6 Å². The lowest BCUT2D eigenvalue weighted by atomic mass is 10.2. The summed E-state index contributed by atoms with van der Waals surface area (Å²) < 4.78 is 1.66. The van der Waals surface area contributed by atoms with Crippen LogP contribution < -0.4 is 15.9 Å². The molecule has 0 spiro atoms. The Balaban J connectivity index is 1.39. The molecule has 0 aliphatic carbocycles. The summed E-state index contributed by atoms with van der Waals surface area (Å²) in [6.07, 6.45) is 6.76. The summed E-state index contributed by atoms with van der Waals surface area (Å²) >= 11 is 0. The van der Waals surface area contributed by atoms with Crippen LogP contribution in [0.25, 0.3) is 10.9 Å². The molecule has 0 atom stereocenters. The van der Waals surface area contributed by atoms with E-state index in [0.717, 1.165) is 48.3 Å². The zero-order valence-corrected chi connectivity index (χ0v) is 18.0. The van der Waals surface area contributed by atoms with E-state index in [1.165, 1.54) is 5.69 Å². The normalized spacial score (nSPS) is 14.6. The van der Waals surface area contributed by atoms with E-state index in [2.05, 4.69) is 61.4 Å². The van der Waals surface area contributed by atoms with E-state index in [1.54, 1.807) is 29.4 Å². The Hall–Kier alpha value is -3.78. The van der Waals surface area contributed by atoms with Gasteiger partial charge in [0.2, 0.25) is 0 Å². The van der Waals surface area contributed by atoms with Gasteiger partial charge in [0.25, 0.3) is 0 Å². The van der Waals surface area contributed by atoms with Gasteiger partial charge in [0.15, 0.2) is 0 Å². The first-order valence-electron chi connectivity index (χ1n) is 10.7. The number of fused-ring (bicyclic) bond motifs is 1. The van der Waals surface area contributed by atoms with Crippen LogP contribution in [-0.2, 0) is 6.54 Å². The summed E-state index contributed by atoms with van der Waals surface area (Å²) in [5, 5.41) is 4.17. The average Bonchev–Trinajstić information content (AvgIpc) is 2.83. The quantitative estimate of drug-likeness (QED) is 0.525. The van der Waals surface area contributed by atoms with Crippen LogP contribution in [0.4, 0.5) is 17.2 Å². The van der Waals surface area contributed by atoms with Crippen LogP contribution >= 0.6 is 0 Å². The Morgan fingerprint density at radius 3 is 2.41 bits per heavy atom. The molecule has 162 valence electrons. The largest absolute Gasteiger partial charge is 0.369 e. The fourth-order valence-electron chi connectivity index (χ4n) is 3.95. The third-order valence-electron chi connectivity index (χ3n) is 5.85. The van der Waals surface area contributed by atoms with Gasteiger partial charge in [0.1, 0.15) is 5.82 Å². The molecular weight excluding hydrogens is 402 g/mol. The lowest BCUT2D eigenvalue weighted by Crippen LogP contribution is -2.44. The molecule has 4 aromatic rings. The van der Waals surface area contributed by atoms with E-state index in [0.29, 0.717) is 12.4 Å². The first-order valence-corrected chi connectivity index (χ1v) is 10.7. The molecule has 0 unspecified atom stereocenters. The van der Waals surface area contributed by atoms with Crippen molar-refractivity contribution in [1.82, 2.24) is 24.4 Å². The van der Waals surface area contributed by atoms with Gasteiger partial charge in [0, 0.05) is 73.8 Å². The van der Waals surface area contributed by atoms with E-state index in [-0.39, 0.29) is 5.69 Å². The maximum atomic E-state index is 12.5. The highest BCUT2D eigenvalue weighted by Gasteiger charge is 2.14. The first-order chi connectivity index (χ1) is 15.7. The van der Waals surface area contributed by atoms with Crippen LogP contribution in [0, 0.1) is 0 Å². The lowest BCUT2D eigenvalue weighted by molar-refractivity contribution is 0.313. The van der Waals surface area contributed by atoms with Gasteiger partial charge in [-0.25, -0.2) is 14.8 Å². The summed E-state index contributed by atoms with van der Waals surface area (Å²) in [4.78, 5) is 29.8. The number of hydrogen-bond acceptors (Lipinski definition) is 7. The van der Waals surface area contributed by atoms with Crippen LogP contribution in [0.1, 0.15) is 5.56 Å². The summed E-state index contributed by atoms with van der Waals surface area (Å²) in [7, 11) is 2.16. The smallest absolute Gasteiger partial charge is 0.348 e. The fraction of sp³-hybridized carbons (Fsp3) is 0.250. The predicted octanol–water partition coefficient (Wildman–Crippen LogP) is 2.73. The first kappa shape index (κ1) is 20.1. The number of pyridine rings is 2. The molecule has 0 saturated carbocycles. The monoisotopic (exact) mass is 427 g/mol. The molecule has 1 aliphatic heterocycles. The molecule has 0 amide bonds. The van der Waals surface area contributed by atoms with Gasteiger partial charge < -0.3 is 15.1 Å². The zero-order chi connectivity index (χ0) is 21.9. The topological polar surface area (TPSA) is 79.2 Å². The van der Waals surface area contributed by atoms with E-state index in [1.807, 2.05) is 18.2 Å². The SMILES string of the molecule is CN1CCN(c2ccc(Nc3cc4c(cn3)cnc(=O)n4Cc3ccncc3)cc2)CC1. The molecule has 1 saturated heterocycles. The Kier molecular flexibility index (Phi) is 5.51. The molecule has 3 aromatic heterocycles. The van der Waals surface area contributed by atoms with Crippen LogP contribution in [0.15, 0.2) is 72.0 Å². The van der Waals surface area contributed by atoms with Crippen molar-refractivity contribution in [2.75, 3.05) is 43.4 Å². The molecule has 1 aliphatic rings. The van der Waals surface area contributed by atoms with E-state index < -0.39 is 0 Å². The summed E-state index contributed by atoms with van der Waals surface area (Å²) in [5.74, 6) is 0.680. The van der Waals surface area contributed by atoms with Crippen molar-refractivity contribution >= 4 is 28.1 Å². The number of likely N-dealkylation sites (N-methyl/N-ethyl adjacent to an activating group) is 1. The third-order valence-corrected chi connectivity index (χ3v) is 5.85. The molecule has 4 heterocycles. The number of nitrogens with one attached hydrogen (secondary N) is 1. The zero-order valence-electron chi connectivity index (χ0n) is 18.0. The van der Waals surface area contributed by atoms with Gasteiger partial charge in [-0.1, -0.05) is 0 Å². The van der Waals surface area contributed by atoms with Crippen molar-refractivity contribution in [3.05, 3.63) is 83.3 Å². The molecule has 1 N–H and O–H groups in total. The molecule has 32 heavy (non-hydrogen) atoms. The minimum Gasteiger partial charge on any atom is -0.369 e. The van der Waals surface area contributed by atoms with Gasteiger partial charge in [-0.05, 0) is 49.0 Å². The Morgan fingerprint density at radius 1 is 0.938 bits per heavy atom. The highest BCUT2D eigenvalue weighted by atomic mass is 16.1. The number of nitrogens with zero attached hydrogens (tertiary/aromatic N) is 6. The van der Waals surface area contributed by atoms with Gasteiger partial charge in [0.05, 0.1) is 12.1 Å². The molecule has 1 fully saturated rings. The number of hydrogen-bond donors (Lipinski definition) is 1. The van der Waals surface area contributed by atoms with Gasteiger partial charge >= 0.3 is 5.69 Å². The number of piperazine rings is 1. The molecule has 8 heteroatoms. The molecular formula is C24H25N7O. The summed E-state index contributed by atoms with van der Waals surface area (Å²) in [6.45, 7) is 4.67. The van der Waals surface area contributed by atoms with E-state index in [4.69, 9.17) is 0 Å². The second-order valence-corrected chi connectivity index (χ2v) is 8.07. The second-order valence-electron chi connectivity index (χ2n) is 8.07. The fourth-order valence-corrected chi connectivity index (χ4v) is 3.95. The standard InChI is InChI=1S/C24H25N7O/c1-29-10-12-30(13-11-29)21-4-2-20(3-5-21)28-23-14-22-19(15-26-23)16-27-24(32)31(22)17-18-6-8-25-9-7-18/h2-9,14-16H,10-13,17H2,1H3,(H,26,28). The molecule has 5 rings (SSSR count). The van der Waals surface area contributed by atoms with Crippen LogP contribution in [0.5, 0.6) is 0 Å². The Labute approximate surface area is 186 Å². The third kappa shape index (κ3) is 4.31. The molecule has 0 radical (unpaired) electrons. The number of benzene rings is 1. The summed E-state index contributed by atoms with van der Waals surface area (Å²) in [6, 6.07) is 14.1. The lowest BCUT2D eigenvalue weighted by Gasteiger charge is -2.34. The van der Waals surface area contributed by atoms with Crippen molar-refractivity contribution in [2.24, 2.45) is 0 Å². The Bertz CT molecular complexity index is 1260. The van der Waals surface area contributed by atoms with Crippen LogP contribution in [0.3, 0.4) is 0 Å². The van der Waals surface area contributed by atoms with Crippen molar-refractivity contribution in [1.29, 1.82) is 0 Å².